The molecule has 0 aromatic carbocycles. The zero-order valence-corrected chi connectivity index (χ0v) is 9.12. The van der Waals surface area contributed by atoms with Crippen LogP contribution in [0.25, 0.3) is 0 Å². The van der Waals surface area contributed by atoms with Gasteiger partial charge in [-0.3, -0.25) is 4.79 Å². The molecule has 0 saturated heterocycles. The van der Waals surface area contributed by atoms with E-state index < -0.39 is 0 Å². The summed E-state index contributed by atoms with van der Waals surface area (Å²) in [6.45, 7) is 6.57. The molecule has 0 saturated carbocycles. The van der Waals surface area contributed by atoms with Gasteiger partial charge in [0, 0.05) is 0 Å². The molecular formula is C12H18O2. The van der Waals surface area contributed by atoms with Crippen LogP contribution in [-0.4, -0.2) is 12.6 Å². The zero-order valence-electron chi connectivity index (χ0n) is 9.12. The van der Waals surface area contributed by atoms with Gasteiger partial charge in [0.25, 0.3) is 0 Å². The Bertz CT molecular complexity index is 261. The van der Waals surface area contributed by atoms with Gasteiger partial charge in [0.05, 0.1) is 13.0 Å². The number of allylic oxidation sites excluding steroid dienone is 4. The normalized spacial score (nSPS) is 23.5. The maximum absolute atomic E-state index is 11.3. The summed E-state index contributed by atoms with van der Waals surface area (Å²) in [4.78, 5) is 11.3. The second-order valence-electron chi connectivity index (χ2n) is 4.18. The SMILES string of the molecule is CCOC(=O)C[C@H]1C=CC=CC1(C)C. The summed E-state index contributed by atoms with van der Waals surface area (Å²) in [7, 11) is 0. The standard InChI is InChI=1S/C12H18O2/c1-4-14-11(13)9-10-7-5-6-8-12(10,2)3/h5-8,10H,4,9H2,1-3H3/t10-/m1/s1. The predicted octanol–water partition coefficient (Wildman–Crippen LogP) is 2.71. The van der Waals surface area contributed by atoms with Gasteiger partial charge in [-0.2, -0.15) is 0 Å². The van der Waals surface area contributed by atoms with Crippen LogP contribution in [0, 0.1) is 11.3 Å². The first-order chi connectivity index (χ1) is 6.56. The lowest BCUT2D eigenvalue weighted by molar-refractivity contribution is -0.144. The van der Waals surface area contributed by atoms with Crippen molar-refractivity contribution in [3.05, 3.63) is 24.3 Å². The molecule has 2 heteroatoms. The topological polar surface area (TPSA) is 26.3 Å². The fourth-order valence-electron chi connectivity index (χ4n) is 1.60. The molecular weight excluding hydrogens is 176 g/mol. The van der Waals surface area contributed by atoms with E-state index in [9.17, 15) is 4.79 Å². The van der Waals surface area contributed by atoms with Crippen LogP contribution in [-0.2, 0) is 9.53 Å². The van der Waals surface area contributed by atoms with Gasteiger partial charge in [-0.05, 0) is 18.3 Å². The summed E-state index contributed by atoms with van der Waals surface area (Å²) >= 11 is 0. The van der Waals surface area contributed by atoms with Gasteiger partial charge in [-0.15, -0.1) is 0 Å². The van der Waals surface area contributed by atoms with Crippen molar-refractivity contribution in [2.75, 3.05) is 6.61 Å². The molecule has 78 valence electrons. The molecule has 1 rings (SSSR count). The third-order valence-electron chi connectivity index (χ3n) is 2.63. The second-order valence-corrected chi connectivity index (χ2v) is 4.18. The highest BCUT2D eigenvalue weighted by molar-refractivity contribution is 5.70. The average Bonchev–Trinajstić information content (AvgIpc) is 2.09. The quantitative estimate of drug-likeness (QED) is 0.646. The van der Waals surface area contributed by atoms with Crippen molar-refractivity contribution in [2.45, 2.75) is 27.2 Å². The van der Waals surface area contributed by atoms with Gasteiger partial charge < -0.3 is 4.74 Å². The minimum absolute atomic E-state index is 0.0571. The Balaban J connectivity index is 2.56. The molecule has 0 aromatic rings. The van der Waals surface area contributed by atoms with Gasteiger partial charge >= 0.3 is 5.97 Å². The van der Waals surface area contributed by atoms with Gasteiger partial charge in [-0.1, -0.05) is 38.2 Å². The van der Waals surface area contributed by atoms with E-state index >= 15 is 0 Å². The summed E-state index contributed by atoms with van der Waals surface area (Å²) in [6.07, 6.45) is 8.71. The van der Waals surface area contributed by atoms with E-state index in [2.05, 4.69) is 26.0 Å². The van der Waals surface area contributed by atoms with Crippen LogP contribution >= 0.6 is 0 Å². The summed E-state index contributed by atoms with van der Waals surface area (Å²) in [5.41, 5.74) is 0.0571. The molecule has 0 aromatic heterocycles. The molecule has 0 radical (unpaired) electrons. The number of carbonyl (C=O) groups excluding carboxylic acids is 1. The third kappa shape index (κ3) is 2.72. The largest absolute Gasteiger partial charge is 0.466 e. The number of hydrogen-bond donors (Lipinski definition) is 0. The molecule has 0 amide bonds. The lowest BCUT2D eigenvalue weighted by atomic mass is 9.74. The molecule has 0 unspecified atom stereocenters. The minimum atomic E-state index is -0.106. The molecule has 0 heterocycles. The summed E-state index contributed by atoms with van der Waals surface area (Å²) in [5, 5.41) is 0. The van der Waals surface area contributed by atoms with Crippen molar-refractivity contribution in [1.29, 1.82) is 0 Å². The van der Waals surface area contributed by atoms with Crippen LogP contribution in [0.1, 0.15) is 27.2 Å². The summed E-state index contributed by atoms with van der Waals surface area (Å²) < 4.78 is 4.94. The highest BCUT2D eigenvalue weighted by atomic mass is 16.5. The average molecular weight is 194 g/mol. The van der Waals surface area contributed by atoms with E-state index in [0.29, 0.717) is 13.0 Å². The lowest BCUT2D eigenvalue weighted by Crippen LogP contribution is -2.25. The van der Waals surface area contributed by atoms with Crippen molar-refractivity contribution in [2.24, 2.45) is 11.3 Å². The van der Waals surface area contributed by atoms with E-state index in [-0.39, 0.29) is 17.3 Å². The van der Waals surface area contributed by atoms with Crippen molar-refractivity contribution >= 4 is 5.97 Å². The van der Waals surface area contributed by atoms with Crippen LogP contribution in [0.2, 0.25) is 0 Å². The Kier molecular flexibility index (Phi) is 3.50. The molecule has 1 aliphatic rings. The van der Waals surface area contributed by atoms with Crippen LogP contribution in [0.3, 0.4) is 0 Å². The first kappa shape index (κ1) is 11.0. The minimum Gasteiger partial charge on any atom is -0.466 e. The maximum Gasteiger partial charge on any atom is 0.306 e. The third-order valence-corrected chi connectivity index (χ3v) is 2.63. The molecule has 0 N–H and O–H groups in total. The van der Waals surface area contributed by atoms with Crippen molar-refractivity contribution in [3.63, 3.8) is 0 Å². The van der Waals surface area contributed by atoms with E-state index in [0.717, 1.165) is 0 Å². The van der Waals surface area contributed by atoms with Crippen LogP contribution in [0.15, 0.2) is 24.3 Å². The zero-order chi connectivity index (χ0) is 10.6. The Hall–Kier alpha value is -1.05. The fourth-order valence-corrected chi connectivity index (χ4v) is 1.60. The van der Waals surface area contributed by atoms with Crippen LogP contribution in [0.5, 0.6) is 0 Å². The molecule has 0 spiro atoms. The molecule has 2 nitrogen and oxygen atoms in total. The Labute approximate surface area is 85.6 Å². The van der Waals surface area contributed by atoms with Gasteiger partial charge in [-0.25, -0.2) is 0 Å². The monoisotopic (exact) mass is 194 g/mol. The Morgan fingerprint density at radius 3 is 2.71 bits per heavy atom. The summed E-state index contributed by atoms with van der Waals surface area (Å²) in [5.74, 6) is 0.150. The van der Waals surface area contributed by atoms with E-state index in [1.54, 1.807) is 0 Å². The van der Waals surface area contributed by atoms with Crippen molar-refractivity contribution < 1.29 is 9.53 Å². The van der Waals surface area contributed by atoms with Crippen LogP contribution < -0.4 is 0 Å². The van der Waals surface area contributed by atoms with E-state index in [1.165, 1.54) is 0 Å². The number of carbonyl (C=O) groups is 1. The first-order valence-corrected chi connectivity index (χ1v) is 5.08. The van der Waals surface area contributed by atoms with Gasteiger partial charge in [0.2, 0.25) is 0 Å². The molecule has 1 aliphatic carbocycles. The molecule has 0 fully saturated rings. The number of ether oxygens (including phenoxy) is 1. The first-order valence-electron chi connectivity index (χ1n) is 5.08. The Morgan fingerprint density at radius 1 is 1.43 bits per heavy atom. The Morgan fingerprint density at radius 2 is 2.14 bits per heavy atom. The highest BCUT2D eigenvalue weighted by Gasteiger charge is 2.28. The number of rotatable bonds is 3. The predicted molar refractivity (Wildman–Crippen MR) is 56.8 cm³/mol. The smallest absolute Gasteiger partial charge is 0.306 e. The fraction of sp³-hybridized carbons (Fsp3) is 0.583. The van der Waals surface area contributed by atoms with Gasteiger partial charge in [0.1, 0.15) is 0 Å². The van der Waals surface area contributed by atoms with Crippen LogP contribution in [0.4, 0.5) is 0 Å². The molecule has 14 heavy (non-hydrogen) atoms. The highest BCUT2D eigenvalue weighted by Crippen LogP contribution is 2.34. The summed E-state index contributed by atoms with van der Waals surface area (Å²) in [6, 6.07) is 0. The second kappa shape index (κ2) is 4.45. The van der Waals surface area contributed by atoms with Crippen molar-refractivity contribution in [3.8, 4) is 0 Å². The number of hydrogen-bond acceptors (Lipinski definition) is 2. The van der Waals surface area contributed by atoms with Gasteiger partial charge in [0.15, 0.2) is 0 Å². The number of esters is 1. The van der Waals surface area contributed by atoms with Crippen molar-refractivity contribution in [1.82, 2.24) is 0 Å². The molecule has 0 bridgehead atoms. The van der Waals surface area contributed by atoms with E-state index in [4.69, 9.17) is 4.74 Å². The maximum atomic E-state index is 11.3. The molecule has 1 atom stereocenters. The lowest BCUT2D eigenvalue weighted by Gasteiger charge is -2.30. The molecule has 0 aliphatic heterocycles. The van der Waals surface area contributed by atoms with E-state index in [1.807, 2.05) is 19.1 Å².